The minimum Gasteiger partial charge on any atom is -0.399 e. The van der Waals surface area contributed by atoms with Crippen LogP contribution >= 0.6 is 0 Å². The van der Waals surface area contributed by atoms with E-state index in [0.717, 1.165) is 12.8 Å². The van der Waals surface area contributed by atoms with Gasteiger partial charge in [-0.2, -0.15) is 12.7 Å². The number of nitrogen functional groups attached to an aromatic ring is 1. The molecule has 0 bridgehead atoms. The highest BCUT2D eigenvalue weighted by Gasteiger charge is 2.32. The van der Waals surface area contributed by atoms with E-state index in [1.54, 1.807) is 28.6 Å². The molecule has 1 aromatic rings. The van der Waals surface area contributed by atoms with Crippen LogP contribution in [0.1, 0.15) is 26.7 Å². The van der Waals surface area contributed by atoms with Crippen molar-refractivity contribution in [3.63, 3.8) is 0 Å². The van der Waals surface area contributed by atoms with Gasteiger partial charge in [-0.1, -0.05) is 13.0 Å². The fraction of sp³-hybridized carbons (Fsp3) is 0.571. The highest BCUT2D eigenvalue weighted by Crippen LogP contribution is 2.25. The summed E-state index contributed by atoms with van der Waals surface area (Å²) < 4.78 is 28.6. The van der Waals surface area contributed by atoms with Gasteiger partial charge < -0.3 is 5.73 Å². The maximum Gasteiger partial charge on any atom is 0.304 e. The van der Waals surface area contributed by atoms with E-state index < -0.39 is 10.2 Å². The molecule has 20 heavy (non-hydrogen) atoms. The summed E-state index contributed by atoms with van der Waals surface area (Å²) in [7, 11) is -3.47. The third-order valence-corrected chi connectivity index (χ3v) is 5.68. The van der Waals surface area contributed by atoms with Crippen molar-refractivity contribution in [1.82, 2.24) is 4.31 Å². The van der Waals surface area contributed by atoms with Crippen molar-refractivity contribution >= 4 is 21.6 Å². The molecule has 5 nitrogen and oxygen atoms in total. The molecule has 0 aromatic heterocycles. The quantitative estimate of drug-likeness (QED) is 0.865. The number of nitrogens with zero attached hydrogens (tertiary/aromatic N) is 2. The fourth-order valence-electron chi connectivity index (χ4n) is 2.65. The largest absolute Gasteiger partial charge is 0.399 e. The Bertz CT molecular complexity index is 559. The van der Waals surface area contributed by atoms with Crippen LogP contribution in [0.25, 0.3) is 0 Å². The maximum atomic E-state index is 12.8. The summed E-state index contributed by atoms with van der Waals surface area (Å²) in [5.74, 6) is 0.415. The van der Waals surface area contributed by atoms with Crippen LogP contribution in [0.5, 0.6) is 0 Å². The molecule has 112 valence electrons. The molecular formula is C14H23N3O2S. The summed E-state index contributed by atoms with van der Waals surface area (Å²) in [6.45, 7) is 5.54. The van der Waals surface area contributed by atoms with E-state index in [-0.39, 0.29) is 0 Å². The standard InChI is InChI=1S/C14H23N3O2S/c1-3-17(14-8-4-7-13(15)10-14)20(18,19)16-9-5-6-12(2)11-16/h4,7-8,10,12H,3,5-6,9,11,15H2,1-2H3. The monoisotopic (exact) mass is 297 g/mol. The molecule has 2 N–H and O–H groups in total. The van der Waals surface area contributed by atoms with Crippen LogP contribution in [0.2, 0.25) is 0 Å². The molecule has 6 heteroatoms. The van der Waals surface area contributed by atoms with Crippen molar-refractivity contribution in [2.24, 2.45) is 5.92 Å². The number of hydrogen-bond acceptors (Lipinski definition) is 3. The lowest BCUT2D eigenvalue weighted by Crippen LogP contribution is -2.47. The van der Waals surface area contributed by atoms with Gasteiger partial charge in [0.15, 0.2) is 0 Å². The minimum absolute atomic E-state index is 0.399. The second kappa shape index (κ2) is 6.01. The number of rotatable bonds is 4. The van der Waals surface area contributed by atoms with Crippen molar-refractivity contribution in [3.05, 3.63) is 24.3 Å². The second-order valence-electron chi connectivity index (χ2n) is 5.37. The molecular weight excluding hydrogens is 274 g/mol. The Balaban J connectivity index is 2.30. The lowest BCUT2D eigenvalue weighted by molar-refractivity contribution is 0.280. The maximum absolute atomic E-state index is 12.8. The molecule has 2 rings (SSSR count). The van der Waals surface area contributed by atoms with Gasteiger partial charge in [-0.15, -0.1) is 0 Å². The molecule has 1 unspecified atom stereocenters. The van der Waals surface area contributed by atoms with Crippen molar-refractivity contribution in [2.45, 2.75) is 26.7 Å². The number of nitrogens with two attached hydrogens (primary N) is 1. The normalized spacial score (nSPS) is 20.8. The van der Waals surface area contributed by atoms with Crippen LogP contribution in [-0.4, -0.2) is 32.4 Å². The van der Waals surface area contributed by atoms with Gasteiger partial charge in [0.05, 0.1) is 5.69 Å². The van der Waals surface area contributed by atoms with Crippen LogP contribution in [0.15, 0.2) is 24.3 Å². The highest BCUT2D eigenvalue weighted by atomic mass is 32.2. The van der Waals surface area contributed by atoms with Crippen LogP contribution in [-0.2, 0) is 10.2 Å². The summed E-state index contributed by atoms with van der Waals surface area (Å²) >= 11 is 0. The predicted molar refractivity (Wildman–Crippen MR) is 82.8 cm³/mol. The Morgan fingerprint density at radius 1 is 1.45 bits per heavy atom. The van der Waals surface area contributed by atoms with Crippen LogP contribution in [0.4, 0.5) is 11.4 Å². The lowest BCUT2D eigenvalue weighted by Gasteiger charge is -2.35. The summed E-state index contributed by atoms with van der Waals surface area (Å²) in [5, 5.41) is 0. The van der Waals surface area contributed by atoms with Gasteiger partial charge >= 0.3 is 10.2 Å². The first-order valence-electron chi connectivity index (χ1n) is 7.08. The van der Waals surface area contributed by atoms with E-state index in [1.807, 2.05) is 6.92 Å². The number of piperidine rings is 1. The summed E-state index contributed by atoms with van der Waals surface area (Å²) in [5.41, 5.74) is 6.96. The first-order valence-corrected chi connectivity index (χ1v) is 8.48. The van der Waals surface area contributed by atoms with Gasteiger partial charge in [0.1, 0.15) is 0 Å². The van der Waals surface area contributed by atoms with Crippen molar-refractivity contribution < 1.29 is 8.42 Å². The molecule has 1 aliphatic rings. The Hall–Kier alpha value is -1.27. The van der Waals surface area contributed by atoms with Gasteiger partial charge in [-0.25, -0.2) is 0 Å². The van der Waals surface area contributed by atoms with Crippen molar-refractivity contribution in [2.75, 3.05) is 29.7 Å². The number of anilines is 2. The van der Waals surface area contributed by atoms with Gasteiger partial charge in [-0.05, 0) is 43.9 Å². The topological polar surface area (TPSA) is 66.6 Å². The molecule has 1 atom stereocenters. The molecule has 1 fully saturated rings. The van der Waals surface area contributed by atoms with Gasteiger partial charge in [0, 0.05) is 25.3 Å². The van der Waals surface area contributed by atoms with Gasteiger partial charge in [0.25, 0.3) is 0 Å². The molecule has 1 heterocycles. The summed E-state index contributed by atoms with van der Waals surface area (Å²) in [6.07, 6.45) is 2.02. The minimum atomic E-state index is -3.47. The van der Waals surface area contributed by atoms with Crippen molar-refractivity contribution in [1.29, 1.82) is 0 Å². The summed E-state index contributed by atoms with van der Waals surface area (Å²) in [6, 6.07) is 7.02. The molecule has 0 aliphatic carbocycles. The lowest BCUT2D eigenvalue weighted by atomic mass is 10.0. The number of hydrogen-bond donors (Lipinski definition) is 1. The zero-order valence-corrected chi connectivity index (χ0v) is 12.9. The van der Waals surface area contributed by atoms with E-state index >= 15 is 0 Å². The first-order chi connectivity index (χ1) is 9.45. The molecule has 1 aliphatic heterocycles. The summed E-state index contributed by atoms with van der Waals surface area (Å²) in [4.78, 5) is 0. The molecule has 0 spiro atoms. The Morgan fingerprint density at radius 2 is 2.20 bits per heavy atom. The third kappa shape index (κ3) is 3.07. The molecule has 0 radical (unpaired) electrons. The zero-order valence-electron chi connectivity index (χ0n) is 12.1. The Morgan fingerprint density at radius 3 is 2.80 bits per heavy atom. The van der Waals surface area contributed by atoms with E-state index in [2.05, 4.69) is 6.92 Å². The molecule has 0 amide bonds. The van der Waals surface area contributed by atoms with E-state index in [9.17, 15) is 8.42 Å². The predicted octanol–water partition coefficient (Wildman–Crippen LogP) is 2.07. The molecule has 0 saturated carbocycles. The van der Waals surface area contributed by atoms with Crippen LogP contribution in [0, 0.1) is 5.92 Å². The molecule has 1 aromatic carbocycles. The number of benzene rings is 1. The SMILES string of the molecule is CCN(c1cccc(N)c1)S(=O)(=O)N1CCCC(C)C1. The van der Waals surface area contributed by atoms with Crippen LogP contribution in [0.3, 0.4) is 0 Å². The molecule has 1 saturated heterocycles. The average molecular weight is 297 g/mol. The zero-order chi connectivity index (χ0) is 14.8. The second-order valence-corrected chi connectivity index (χ2v) is 7.23. The van der Waals surface area contributed by atoms with E-state index in [4.69, 9.17) is 5.73 Å². The average Bonchev–Trinajstić information content (AvgIpc) is 2.39. The fourth-order valence-corrected chi connectivity index (χ4v) is 4.44. The van der Waals surface area contributed by atoms with Gasteiger partial charge in [-0.3, -0.25) is 4.31 Å². The van der Waals surface area contributed by atoms with E-state index in [0.29, 0.717) is 36.9 Å². The third-order valence-electron chi connectivity index (χ3n) is 3.67. The van der Waals surface area contributed by atoms with Crippen LogP contribution < -0.4 is 10.0 Å². The van der Waals surface area contributed by atoms with Crippen molar-refractivity contribution in [3.8, 4) is 0 Å². The Kier molecular flexibility index (Phi) is 4.55. The first kappa shape index (κ1) is 15.1. The van der Waals surface area contributed by atoms with E-state index in [1.165, 1.54) is 4.31 Å². The Labute approximate surface area is 121 Å². The highest BCUT2D eigenvalue weighted by molar-refractivity contribution is 7.90. The smallest absolute Gasteiger partial charge is 0.304 e. The van der Waals surface area contributed by atoms with Gasteiger partial charge in [0.2, 0.25) is 0 Å².